The third-order valence-electron chi connectivity index (χ3n) is 1.53. The van der Waals surface area contributed by atoms with Gasteiger partial charge in [-0.2, -0.15) is 4.39 Å². The summed E-state index contributed by atoms with van der Waals surface area (Å²) in [7, 11) is 1.23. The minimum Gasteiger partial charge on any atom is -0.465 e. The molecule has 0 saturated carbocycles. The fourth-order valence-corrected chi connectivity index (χ4v) is 0.890. The van der Waals surface area contributed by atoms with Crippen LogP contribution in [0.5, 0.6) is 0 Å². The second-order valence-electron chi connectivity index (χ2n) is 2.29. The molecule has 1 rings (SSSR count). The zero-order chi connectivity index (χ0) is 9.84. The van der Waals surface area contributed by atoms with E-state index in [0.29, 0.717) is 5.56 Å². The molecule has 0 radical (unpaired) electrons. The van der Waals surface area contributed by atoms with Crippen molar-refractivity contribution in [2.45, 2.75) is 0 Å². The van der Waals surface area contributed by atoms with Crippen molar-refractivity contribution in [3.05, 3.63) is 35.9 Å². The number of ether oxygens (including phenoxy) is 1. The zero-order valence-electron chi connectivity index (χ0n) is 7.08. The maximum absolute atomic E-state index is 12.6. The number of aromatic nitrogens is 1. The Hall–Kier alpha value is -1.71. The summed E-state index contributed by atoms with van der Waals surface area (Å²) in [6, 6.07) is 1.02. The first-order chi connectivity index (χ1) is 6.19. The van der Waals surface area contributed by atoms with Gasteiger partial charge in [-0.05, 0) is 0 Å². The molecule has 0 spiro atoms. The van der Waals surface area contributed by atoms with Crippen LogP contribution in [0.3, 0.4) is 0 Å². The lowest BCUT2D eigenvalue weighted by atomic mass is 10.1. The third kappa shape index (κ3) is 1.90. The molecule has 0 atom stereocenters. The van der Waals surface area contributed by atoms with E-state index >= 15 is 0 Å². The molecule has 0 saturated heterocycles. The van der Waals surface area contributed by atoms with Gasteiger partial charge in [0, 0.05) is 17.8 Å². The molecule has 0 amide bonds. The molecule has 68 valence electrons. The number of carbonyl (C=O) groups is 1. The highest BCUT2D eigenvalue weighted by molar-refractivity contribution is 5.93. The fraction of sp³-hybridized carbons (Fsp3) is 0.111. The van der Waals surface area contributed by atoms with Crippen LogP contribution < -0.4 is 0 Å². The number of esters is 1. The molecule has 0 N–H and O–H groups in total. The molecule has 0 bridgehead atoms. The molecule has 0 unspecified atom stereocenters. The Labute approximate surface area is 74.9 Å². The van der Waals surface area contributed by atoms with Gasteiger partial charge in [0.2, 0.25) is 5.95 Å². The van der Waals surface area contributed by atoms with Crippen LogP contribution in [0.2, 0.25) is 0 Å². The van der Waals surface area contributed by atoms with Gasteiger partial charge in [-0.1, -0.05) is 12.7 Å². The molecule has 3 nitrogen and oxygen atoms in total. The number of hydrogen-bond donors (Lipinski definition) is 0. The molecule has 0 aliphatic rings. The Balaban J connectivity index is 3.23. The Morgan fingerprint density at radius 3 is 3.00 bits per heavy atom. The van der Waals surface area contributed by atoms with Crippen molar-refractivity contribution in [2.75, 3.05) is 7.11 Å². The number of methoxy groups -OCH3 is 1. The highest BCUT2D eigenvalue weighted by atomic mass is 19.1. The first-order valence-electron chi connectivity index (χ1n) is 3.55. The molecule has 0 aliphatic carbocycles. The Morgan fingerprint density at radius 2 is 2.46 bits per heavy atom. The zero-order valence-corrected chi connectivity index (χ0v) is 7.08. The number of hydrogen-bond acceptors (Lipinski definition) is 3. The van der Waals surface area contributed by atoms with Crippen molar-refractivity contribution in [1.29, 1.82) is 0 Å². The maximum Gasteiger partial charge on any atom is 0.338 e. The largest absolute Gasteiger partial charge is 0.465 e. The maximum atomic E-state index is 12.6. The van der Waals surface area contributed by atoms with E-state index in [9.17, 15) is 9.18 Å². The minimum atomic E-state index is -0.717. The second-order valence-corrected chi connectivity index (χ2v) is 2.29. The van der Waals surface area contributed by atoms with E-state index in [2.05, 4.69) is 16.3 Å². The summed E-state index contributed by atoms with van der Waals surface area (Å²) in [5.74, 6) is -1.32. The summed E-state index contributed by atoms with van der Waals surface area (Å²) in [5.41, 5.74) is 0.582. The molecular formula is C9H8FNO2. The van der Waals surface area contributed by atoms with Crippen LogP contribution in [-0.2, 0) is 4.74 Å². The summed E-state index contributed by atoms with van der Waals surface area (Å²) in [6.07, 6.45) is 2.65. The van der Waals surface area contributed by atoms with Gasteiger partial charge in [0.1, 0.15) is 0 Å². The van der Waals surface area contributed by atoms with E-state index in [-0.39, 0.29) is 5.56 Å². The lowest BCUT2D eigenvalue weighted by Crippen LogP contribution is -2.05. The Morgan fingerprint density at radius 1 is 1.77 bits per heavy atom. The van der Waals surface area contributed by atoms with Crippen LogP contribution in [0.15, 0.2) is 18.8 Å². The molecule has 0 aliphatic heterocycles. The number of pyridine rings is 1. The predicted octanol–water partition coefficient (Wildman–Crippen LogP) is 1.65. The van der Waals surface area contributed by atoms with Crippen LogP contribution in [0.1, 0.15) is 15.9 Å². The predicted molar refractivity (Wildman–Crippen MR) is 45.6 cm³/mol. The van der Waals surface area contributed by atoms with Gasteiger partial charge < -0.3 is 4.74 Å². The molecule has 0 fully saturated rings. The topological polar surface area (TPSA) is 39.2 Å². The molecule has 1 aromatic heterocycles. The van der Waals surface area contributed by atoms with Crippen LogP contribution >= 0.6 is 0 Å². The van der Waals surface area contributed by atoms with Gasteiger partial charge in [-0.15, -0.1) is 0 Å². The number of nitrogens with zero attached hydrogens (tertiary/aromatic N) is 1. The van der Waals surface area contributed by atoms with Gasteiger partial charge in [-0.3, -0.25) is 0 Å². The van der Waals surface area contributed by atoms with Crippen molar-refractivity contribution in [3.63, 3.8) is 0 Å². The monoisotopic (exact) mass is 181 g/mol. The van der Waals surface area contributed by atoms with E-state index in [0.717, 1.165) is 6.07 Å². The highest BCUT2D eigenvalue weighted by Crippen LogP contribution is 2.11. The Kier molecular flexibility index (Phi) is 2.74. The van der Waals surface area contributed by atoms with E-state index in [1.807, 2.05) is 0 Å². The van der Waals surface area contributed by atoms with Crippen molar-refractivity contribution >= 4 is 12.0 Å². The first kappa shape index (κ1) is 9.38. The van der Waals surface area contributed by atoms with E-state index < -0.39 is 11.9 Å². The van der Waals surface area contributed by atoms with Crippen molar-refractivity contribution in [2.24, 2.45) is 0 Å². The Bertz CT molecular complexity index is 349. The fourth-order valence-electron chi connectivity index (χ4n) is 0.890. The lowest BCUT2D eigenvalue weighted by Gasteiger charge is -2.02. The standard InChI is InChI=1S/C9H8FNO2/c1-3-6-5-11-8(10)4-7(6)9(12)13-2/h3-5H,1H2,2H3. The molecular weight excluding hydrogens is 173 g/mol. The molecule has 1 aromatic rings. The molecule has 0 aromatic carbocycles. The quantitative estimate of drug-likeness (QED) is 0.514. The smallest absolute Gasteiger partial charge is 0.338 e. The molecule has 13 heavy (non-hydrogen) atoms. The SMILES string of the molecule is C=Cc1cnc(F)cc1C(=O)OC. The van der Waals surface area contributed by atoms with Gasteiger partial charge in [-0.25, -0.2) is 9.78 Å². The van der Waals surface area contributed by atoms with E-state index in [1.165, 1.54) is 19.4 Å². The highest BCUT2D eigenvalue weighted by Gasteiger charge is 2.11. The average molecular weight is 181 g/mol. The van der Waals surface area contributed by atoms with Crippen LogP contribution in [0.25, 0.3) is 6.08 Å². The van der Waals surface area contributed by atoms with Crippen LogP contribution in [0, 0.1) is 5.95 Å². The van der Waals surface area contributed by atoms with Crippen molar-refractivity contribution in [1.82, 2.24) is 4.98 Å². The minimum absolute atomic E-state index is 0.130. The van der Waals surface area contributed by atoms with Crippen LogP contribution in [0.4, 0.5) is 4.39 Å². The summed E-state index contributed by atoms with van der Waals surface area (Å²) in [4.78, 5) is 14.5. The normalized spacial score (nSPS) is 9.38. The second kappa shape index (κ2) is 3.80. The number of rotatable bonds is 2. The van der Waals surface area contributed by atoms with E-state index in [4.69, 9.17) is 0 Å². The summed E-state index contributed by atoms with van der Waals surface area (Å²) in [6.45, 7) is 3.47. The van der Waals surface area contributed by atoms with Gasteiger partial charge in [0.15, 0.2) is 0 Å². The van der Waals surface area contributed by atoms with Gasteiger partial charge in [0.05, 0.1) is 12.7 Å². The van der Waals surface area contributed by atoms with Crippen LogP contribution in [-0.4, -0.2) is 18.1 Å². The van der Waals surface area contributed by atoms with Crippen molar-refractivity contribution < 1.29 is 13.9 Å². The average Bonchev–Trinajstić information content (AvgIpc) is 2.16. The van der Waals surface area contributed by atoms with Gasteiger partial charge >= 0.3 is 5.97 Å². The third-order valence-corrected chi connectivity index (χ3v) is 1.53. The summed E-state index contributed by atoms with van der Waals surface area (Å²) in [5, 5.41) is 0. The summed E-state index contributed by atoms with van der Waals surface area (Å²) < 4.78 is 17.1. The van der Waals surface area contributed by atoms with E-state index in [1.54, 1.807) is 0 Å². The molecule has 1 heterocycles. The number of carbonyl (C=O) groups excluding carboxylic acids is 1. The number of halogens is 1. The first-order valence-corrected chi connectivity index (χ1v) is 3.55. The van der Waals surface area contributed by atoms with Crippen molar-refractivity contribution in [3.8, 4) is 0 Å². The molecule has 4 heteroatoms. The lowest BCUT2D eigenvalue weighted by molar-refractivity contribution is 0.0599. The summed E-state index contributed by atoms with van der Waals surface area (Å²) >= 11 is 0. The van der Waals surface area contributed by atoms with Gasteiger partial charge in [0.25, 0.3) is 0 Å².